The number of hydrogen-bond donors (Lipinski definition) is 0. The maximum atomic E-state index is 12.2. The first-order chi connectivity index (χ1) is 13.1. The Balaban J connectivity index is 2.30. The van der Waals surface area contributed by atoms with Crippen LogP contribution in [-0.4, -0.2) is 12.3 Å². The van der Waals surface area contributed by atoms with Gasteiger partial charge in [0.25, 0.3) is 0 Å². The summed E-state index contributed by atoms with van der Waals surface area (Å²) in [6.45, 7) is 1.79. The van der Waals surface area contributed by atoms with Crippen molar-refractivity contribution in [3.8, 4) is 0 Å². The Morgan fingerprint density at radius 3 is 1.52 bits per heavy atom. The van der Waals surface area contributed by atoms with Gasteiger partial charge in [0, 0.05) is 0 Å². The van der Waals surface area contributed by atoms with Crippen LogP contribution in [0.4, 0.5) is 0 Å². The maximum absolute atomic E-state index is 12.2. The Labute approximate surface area is 165 Å². The summed E-state index contributed by atoms with van der Waals surface area (Å²) >= 11 is 7.75. The van der Waals surface area contributed by atoms with E-state index in [4.69, 9.17) is 16.0 Å². The van der Waals surface area contributed by atoms with E-state index in [2.05, 4.69) is 0 Å². The summed E-state index contributed by atoms with van der Waals surface area (Å²) in [5.41, 5.74) is 0. The number of carbonyl (C=O) groups is 1. The van der Waals surface area contributed by atoms with Crippen molar-refractivity contribution in [1.82, 2.24) is 0 Å². The topological polar surface area (TPSA) is 26.3 Å². The molecule has 138 valence electrons. The van der Waals surface area contributed by atoms with Gasteiger partial charge in [0.2, 0.25) is 0 Å². The monoisotopic (exact) mass is 396 g/mol. The van der Waals surface area contributed by atoms with Crippen LogP contribution in [0.2, 0.25) is 0 Å². The zero-order valence-corrected chi connectivity index (χ0v) is 16.8. The minimum absolute atomic E-state index is 0.0916. The second-order valence-electron chi connectivity index (χ2n) is 6.28. The fourth-order valence-electron chi connectivity index (χ4n) is 3.26. The van der Waals surface area contributed by atoms with Gasteiger partial charge in [-0.2, -0.15) is 0 Å². The fourth-order valence-corrected chi connectivity index (χ4v) is 8.51. The van der Waals surface area contributed by atoms with Crippen LogP contribution in [-0.2, 0) is 9.53 Å². The van der Waals surface area contributed by atoms with Crippen LogP contribution in [0, 0.1) is 0 Å². The number of ether oxygens (including phenoxy) is 1. The van der Waals surface area contributed by atoms with Crippen molar-refractivity contribution in [2.24, 2.45) is 0 Å². The molecule has 4 heteroatoms. The molecule has 0 aliphatic rings. The molecule has 0 bridgehead atoms. The molecule has 0 fully saturated rings. The third kappa shape index (κ3) is 3.56. The SMILES string of the molecule is C/C=C/C(=O)OCP(Cl)(c1ccccc1)(c1ccccc1)c1ccccc1. The number of hydrogen-bond acceptors (Lipinski definition) is 2. The van der Waals surface area contributed by atoms with E-state index in [-0.39, 0.29) is 6.35 Å². The summed E-state index contributed by atoms with van der Waals surface area (Å²) in [6.07, 6.45) is 3.17. The molecule has 0 N–H and O–H groups in total. The molecule has 0 saturated carbocycles. The van der Waals surface area contributed by atoms with Gasteiger partial charge < -0.3 is 0 Å². The molecule has 27 heavy (non-hydrogen) atoms. The van der Waals surface area contributed by atoms with E-state index in [1.807, 2.05) is 91.0 Å². The molecule has 0 radical (unpaired) electrons. The van der Waals surface area contributed by atoms with Crippen molar-refractivity contribution in [3.63, 3.8) is 0 Å². The van der Waals surface area contributed by atoms with Crippen LogP contribution < -0.4 is 15.9 Å². The summed E-state index contributed by atoms with van der Waals surface area (Å²) < 4.78 is 5.71. The van der Waals surface area contributed by atoms with E-state index >= 15 is 0 Å². The summed E-state index contributed by atoms with van der Waals surface area (Å²) in [5, 5.41) is 2.91. The number of esters is 1. The molecular weight excluding hydrogens is 375 g/mol. The first kappa shape index (κ1) is 19.4. The number of benzene rings is 3. The average molecular weight is 397 g/mol. The summed E-state index contributed by atoms with van der Waals surface area (Å²) in [7, 11) is 0. The Kier molecular flexibility index (Phi) is 5.79. The predicted octanol–water partition coefficient (Wildman–Crippen LogP) is 4.75. The first-order valence-corrected chi connectivity index (χ1v) is 12.1. The van der Waals surface area contributed by atoms with Gasteiger partial charge in [-0.05, 0) is 0 Å². The predicted molar refractivity (Wildman–Crippen MR) is 117 cm³/mol. The van der Waals surface area contributed by atoms with Crippen LogP contribution >= 0.6 is 17.2 Å². The Hall–Kier alpha value is -2.41. The van der Waals surface area contributed by atoms with E-state index in [0.29, 0.717) is 0 Å². The van der Waals surface area contributed by atoms with Gasteiger partial charge >= 0.3 is 165 Å². The molecule has 0 unspecified atom stereocenters. The second-order valence-corrected chi connectivity index (χ2v) is 12.7. The first-order valence-electron chi connectivity index (χ1n) is 8.78. The van der Waals surface area contributed by atoms with Crippen molar-refractivity contribution in [1.29, 1.82) is 0 Å². The third-order valence-corrected chi connectivity index (χ3v) is 11.4. The van der Waals surface area contributed by atoms with Gasteiger partial charge in [-0.25, -0.2) is 0 Å². The van der Waals surface area contributed by atoms with Gasteiger partial charge in [-0.15, -0.1) is 0 Å². The quantitative estimate of drug-likeness (QED) is 0.341. The zero-order valence-electron chi connectivity index (χ0n) is 15.2. The molecule has 0 amide bonds. The van der Waals surface area contributed by atoms with E-state index in [9.17, 15) is 4.79 Å². The number of carbonyl (C=O) groups excluding carboxylic acids is 1. The van der Waals surface area contributed by atoms with Crippen molar-refractivity contribution < 1.29 is 9.53 Å². The minimum atomic E-state index is -3.53. The molecule has 0 heterocycles. The van der Waals surface area contributed by atoms with Crippen LogP contribution in [0.5, 0.6) is 0 Å². The van der Waals surface area contributed by atoms with Crippen molar-refractivity contribution in [2.45, 2.75) is 6.92 Å². The normalized spacial score (nSPS) is 13.0. The summed E-state index contributed by atoms with van der Waals surface area (Å²) in [5.74, 6) is -3.93. The average Bonchev–Trinajstić information content (AvgIpc) is 2.74. The molecule has 0 aliphatic heterocycles. The van der Waals surface area contributed by atoms with Gasteiger partial charge in [-0.1, -0.05) is 0 Å². The van der Waals surface area contributed by atoms with Crippen molar-refractivity contribution >= 4 is 39.1 Å². The number of halogens is 1. The second kappa shape index (κ2) is 8.08. The van der Waals surface area contributed by atoms with Crippen molar-refractivity contribution in [3.05, 3.63) is 103 Å². The molecule has 3 rings (SSSR count). The molecule has 0 spiro atoms. The van der Waals surface area contributed by atoms with E-state index < -0.39 is 11.9 Å². The molecule has 3 aromatic rings. The van der Waals surface area contributed by atoms with Gasteiger partial charge in [-0.3, -0.25) is 0 Å². The molecule has 0 atom stereocenters. The molecule has 0 aliphatic carbocycles. The summed E-state index contributed by atoms with van der Waals surface area (Å²) in [6, 6.07) is 29.8. The molecule has 2 nitrogen and oxygen atoms in total. The van der Waals surface area contributed by atoms with E-state index in [1.165, 1.54) is 6.08 Å². The van der Waals surface area contributed by atoms with Gasteiger partial charge in [0.1, 0.15) is 0 Å². The fraction of sp³-hybridized carbons (Fsp3) is 0.0870. The number of rotatable bonds is 6. The standard InChI is InChI=1S/C23H22ClO2P/c1-2-12-23(25)26-19-27(24,20-13-6-3-7-14-20,21-15-8-4-9-16-21)22-17-10-5-11-18-22/h2-18H,19H2,1H3/b12-2+. The van der Waals surface area contributed by atoms with Crippen molar-refractivity contribution in [2.75, 3.05) is 6.35 Å². The third-order valence-electron chi connectivity index (χ3n) is 4.64. The molecular formula is C23H22ClO2P. The Bertz CT molecular complexity index is 825. The van der Waals surface area contributed by atoms with E-state index in [0.717, 1.165) is 15.9 Å². The molecule has 0 aromatic heterocycles. The molecule has 0 saturated heterocycles. The zero-order chi connectivity index (χ0) is 19.2. The van der Waals surface area contributed by atoms with Crippen LogP contribution in [0.25, 0.3) is 0 Å². The van der Waals surface area contributed by atoms with E-state index in [1.54, 1.807) is 13.0 Å². The van der Waals surface area contributed by atoms with Gasteiger partial charge in [0.15, 0.2) is 0 Å². The van der Waals surface area contributed by atoms with Gasteiger partial charge in [0.05, 0.1) is 0 Å². The Morgan fingerprint density at radius 2 is 1.19 bits per heavy atom. The van der Waals surface area contributed by atoms with Crippen LogP contribution in [0.15, 0.2) is 103 Å². The summed E-state index contributed by atoms with van der Waals surface area (Å²) in [4.78, 5) is 12.2. The van der Waals surface area contributed by atoms with Crippen LogP contribution in [0.3, 0.4) is 0 Å². The number of allylic oxidation sites excluding steroid dienone is 1. The molecule has 3 aromatic carbocycles. The van der Waals surface area contributed by atoms with Crippen LogP contribution in [0.1, 0.15) is 6.92 Å². The Morgan fingerprint density at radius 1 is 0.815 bits per heavy atom.